The molecule has 0 radical (unpaired) electrons. The molecular formula is C5H10O4. The van der Waals surface area contributed by atoms with Crippen molar-refractivity contribution >= 4 is 11.9 Å². The third-order valence-corrected chi connectivity index (χ3v) is 0.302. The molecule has 0 unspecified atom stereocenters. The van der Waals surface area contributed by atoms with Crippen molar-refractivity contribution in [3.05, 3.63) is 0 Å². The van der Waals surface area contributed by atoms with Gasteiger partial charge in [0.25, 0.3) is 0 Å². The van der Waals surface area contributed by atoms with E-state index in [9.17, 15) is 9.59 Å². The molecule has 4 heteroatoms. The molecule has 0 bridgehead atoms. The van der Waals surface area contributed by atoms with Gasteiger partial charge in [-0.25, -0.2) is 0 Å². The Bertz CT molecular complexity index is 85.1. The van der Waals surface area contributed by atoms with Gasteiger partial charge in [-0.2, -0.15) is 0 Å². The van der Waals surface area contributed by atoms with E-state index in [1.54, 1.807) is 0 Å². The average Bonchev–Trinajstić information content (AvgIpc) is 1.68. The summed E-state index contributed by atoms with van der Waals surface area (Å²) in [6.45, 7) is 4.00. The lowest BCUT2D eigenvalue weighted by molar-refractivity contribution is -0.147. The highest BCUT2D eigenvalue weighted by atomic mass is 16.4. The SMILES string of the molecule is CC.O=C(O)CC(=O)O. The second-order valence-electron chi connectivity index (χ2n) is 0.964. The number of carboxylic acid groups (broad SMARTS) is 2. The Morgan fingerprint density at radius 2 is 1.33 bits per heavy atom. The molecule has 0 aromatic heterocycles. The van der Waals surface area contributed by atoms with Crippen molar-refractivity contribution in [2.75, 3.05) is 0 Å². The lowest BCUT2D eigenvalue weighted by Crippen LogP contribution is -2.03. The molecule has 0 aromatic carbocycles. The van der Waals surface area contributed by atoms with E-state index in [0.29, 0.717) is 0 Å². The zero-order valence-corrected chi connectivity index (χ0v) is 5.42. The topological polar surface area (TPSA) is 74.6 Å². The lowest BCUT2D eigenvalue weighted by Gasteiger charge is -1.80. The van der Waals surface area contributed by atoms with E-state index in [0.717, 1.165) is 0 Å². The minimum absolute atomic E-state index is 0.806. The molecule has 0 amide bonds. The first-order chi connectivity index (χ1) is 4.13. The van der Waals surface area contributed by atoms with E-state index in [1.807, 2.05) is 13.8 Å². The second-order valence-corrected chi connectivity index (χ2v) is 0.964. The lowest BCUT2D eigenvalue weighted by atomic mass is 10.5. The Morgan fingerprint density at radius 3 is 1.33 bits per heavy atom. The van der Waals surface area contributed by atoms with Gasteiger partial charge in [-0.05, 0) is 0 Å². The van der Waals surface area contributed by atoms with Crippen molar-refractivity contribution in [2.24, 2.45) is 0 Å². The average molecular weight is 134 g/mol. The first-order valence-electron chi connectivity index (χ1n) is 2.56. The fourth-order valence-corrected chi connectivity index (χ4v) is 0.129. The molecule has 0 spiro atoms. The highest BCUT2D eigenvalue weighted by Crippen LogP contribution is 1.74. The van der Waals surface area contributed by atoms with Crippen LogP contribution in [0.1, 0.15) is 20.3 Å². The van der Waals surface area contributed by atoms with Crippen LogP contribution in [0.2, 0.25) is 0 Å². The third kappa shape index (κ3) is 19.6. The van der Waals surface area contributed by atoms with Gasteiger partial charge in [-0.3, -0.25) is 9.59 Å². The molecule has 0 atom stereocenters. The normalized spacial score (nSPS) is 6.89. The Hall–Kier alpha value is -1.06. The molecule has 4 nitrogen and oxygen atoms in total. The molecule has 0 heterocycles. The summed E-state index contributed by atoms with van der Waals surface area (Å²) in [5, 5.41) is 15.4. The van der Waals surface area contributed by atoms with E-state index < -0.39 is 18.4 Å². The van der Waals surface area contributed by atoms with Gasteiger partial charge in [0, 0.05) is 0 Å². The molecule has 0 aliphatic rings. The van der Waals surface area contributed by atoms with Crippen LogP contribution in [0.15, 0.2) is 0 Å². The third-order valence-electron chi connectivity index (χ3n) is 0.302. The maximum absolute atomic E-state index is 9.43. The monoisotopic (exact) mass is 134 g/mol. The minimum Gasteiger partial charge on any atom is -0.481 e. The molecule has 0 saturated heterocycles. The molecule has 0 aromatic rings. The highest BCUT2D eigenvalue weighted by molar-refractivity contribution is 5.88. The number of hydrogen-bond donors (Lipinski definition) is 2. The van der Waals surface area contributed by atoms with Crippen LogP contribution < -0.4 is 0 Å². The van der Waals surface area contributed by atoms with Crippen molar-refractivity contribution in [2.45, 2.75) is 20.3 Å². The maximum Gasteiger partial charge on any atom is 0.314 e. The zero-order chi connectivity index (χ0) is 7.86. The summed E-state index contributed by atoms with van der Waals surface area (Å²) in [6.07, 6.45) is -0.806. The molecule has 0 rings (SSSR count). The fraction of sp³-hybridized carbons (Fsp3) is 0.600. The van der Waals surface area contributed by atoms with Gasteiger partial charge in [-0.15, -0.1) is 0 Å². The fourth-order valence-electron chi connectivity index (χ4n) is 0.129. The molecule has 0 saturated carbocycles. The van der Waals surface area contributed by atoms with Gasteiger partial charge >= 0.3 is 11.9 Å². The maximum atomic E-state index is 9.43. The minimum atomic E-state index is -1.31. The summed E-state index contributed by atoms with van der Waals surface area (Å²) < 4.78 is 0. The Labute approximate surface area is 53.1 Å². The molecule has 0 aliphatic heterocycles. The number of carboxylic acids is 2. The molecule has 0 fully saturated rings. The smallest absolute Gasteiger partial charge is 0.314 e. The molecule has 0 aliphatic carbocycles. The van der Waals surface area contributed by atoms with Crippen LogP contribution >= 0.6 is 0 Å². The van der Waals surface area contributed by atoms with E-state index in [4.69, 9.17) is 10.2 Å². The van der Waals surface area contributed by atoms with Crippen LogP contribution in [0.5, 0.6) is 0 Å². The van der Waals surface area contributed by atoms with Crippen LogP contribution in [0, 0.1) is 0 Å². The quantitative estimate of drug-likeness (QED) is 0.541. The predicted octanol–water partition coefficient (Wildman–Crippen LogP) is 0.572. The van der Waals surface area contributed by atoms with Gasteiger partial charge < -0.3 is 10.2 Å². The van der Waals surface area contributed by atoms with Crippen molar-refractivity contribution in [1.29, 1.82) is 0 Å². The molecule has 2 N–H and O–H groups in total. The number of aliphatic carboxylic acids is 2. The first-order valence-corrected chi connectivity index (χ1v) is 2.56. The Kier molecular flexibility index (Phi) is 8.36. The largest absolute Gasteiger partial charge is 0.481 e. The molecular weight excluding hydrogens is 124 g/mol. The van der Waals surface area contributed by atoms with Gasteiger partial charge in [0.05, 0.1) is 0 Å². The number of carbonyl (C=O) groups is 2. The summed E-state index contributed by atoms with van der Waals surface area (Å²) in [5.74, 6) is -2.62. The molecule has 9 heavy (non-hydrogen) atoms. The van der Waals surface area contributed by atoms with Crippen LogP contribution in [0.3, 0.4) is 0 Å². The van der Waals surface area contributed by atoms with Gasteiger partial charge in [0.15, 0.2) is 0 Å². The Morgan fingerprint density at radius 1 is 1.11 bits per heavy atom. The standard InChI is InChI=1S/C3H4O4.C2H6/c4-2(5)1-3(6)7;1-2/h1H2,(H,4,5)(H,6,7);1-2H3. The van der Waals surface area contributed by atoms with Crippen molar-refractivity contribution < 1.29 is 19.8 Å². The molecule has 54 valence electrons. The van der Waals surface area contributed by atoms with Crippen molar-refractivity contribution in [1.82, 2.24) is 0 Å². The number of hydrogen-bond acceptors (Lipinski definition) is 2. The van der Waals surface area contributed by atoms with Crippen molar-refractivity contribution in [3.63, 3.8) is 0 Å². The van der Waals surface area contributed by atoms with Crippen molar-refractivity contribution in [3.8, 4) is 0 Å². The summed E-state index contributed by atoms with van der Waals surface area (Å²) in [6, 6.07) is 0. The van der Waals surface area contributed by atoms with Crippen LogP contribution in [-0.4, -0.2) is 22.2 Å². The zero-order valence-electron chi connectivity index (χ0n) is 5.42. The summed E-state index contributed by atoms with van der Waals surface area (Å²) >= 11 is 0. The van der Waals surface area contributed by atoms with Crippen LogP contribution in [0.4, 0.5) is 0 Å². The summed E-state index contributed by atoms with van der Waals surface area (Å²) in [4.78, 5) is 18.9. The van der Waals surface area contributed by atoms with E-state index >= 15 is 0 Å². The highest BCUT2D eigenvalue weighted by Gasteiger charge is 2.01. The Balaban J connectivity index is 0. The van der Waals surface area contributed by atoms with Gasteiger partial charge in [0.2, 0.25) is 0 Å². The van der Waals surface area contributed by atoms with E-state index in [1.165, 1.54) is 0 Å². The van der Waals surface area contributed by atoms with Crippen LogP contribution in [0.25, 0.3) is 0 Å². The van der Waals surface area contributed by atoms with Gasteiger partial charge in [0.1, 0.15) is 6.42 Å². The van der Waals surface area contributed by atoms with Gasteiger partial charge in [-0.1, -0.05) is 13.8 Å². The summed E-state index contributed by atoms with van der Waals surface area (Å²) in [7, 11) is 0. The van der Waals surface area contributed by atoms with Crippen LogP contribution in [-0.2, 0) is 9.59 Å². The second kappa shape index (κ2) is 6.94. The van der Waals surface area contributed by atoms with E-state index in [-0.39, 0.29) is 0 Å². The summed E-state index contributed by atoms with van der Waals surface area (Å²) in [5.41, 5.74) is 0. The van der Waals surface area contributed by atoms with E-state index in [2.05, 4.69) is 0 Å². The predicted molar refractivity (Wildman–Crippen MR) is 31.2 cm³/mol. The first kappa shape index (κ1) is 10.8. The number of rotatable bonds is 2.